The number of carboxylic acids is 1. The summed E-state index contributed by atoms with van der Waals surface area (Å²) in [6.07, 6.45) is 0. The first-order valence-corrected chi connectivity index (χ1v) is 5.57. The van der Waals surface area contributed by atoms with E-state index in [0.717, 1.165) is 21.8 Å². The average Bonchev–Trinajstić information content (AvgIpc) is 2.30. The van der Waals surface area contributed by atoms with E-state index in [0.29, 0.717) is 5.69 Å². The quantitative estimate of drug-likeness (QED) is 0.836. The maximum Gasteiger partial charge on any atom is 0.352 e. The van der Waals surface area contributed by atoms with E-state index in [-0.39, 0.29) is 0 Å². The third-order valence-corrected chi connectivity index (χ3v) is 2.76. The van der Waals surface area contributed by atoms with Crippen LogP contribution in [0.1, 0.15) is 21.6 Å². The van der Waals surface area contributed by atoms with Crippen molar-refractivity contribution in [1.82, 2.24) is 9.55 Å². The molecule has 19 heavy (non-hydrogen) atoms. The largest absolute Gasteiger partial charge is 0.477 e. The Morgan fingerprint density at radius 3 is 2.42 bits per heavy atom. The zero-order valence-corrected chi connectivity index (χ0v) is 10.4. The van der Waals surface area contributed by atoms with Gasteiger partial charge in [-0.05, 0) is 25.5 Å². The highest BCUT2D eigenvalue weighted by molar-refractivity contribution is 5.84. The minimum Gasteiger partial charge on any atom is -0.477 e. The number of H-pyrrole nitrogens is 1. The second-order valence-electron chi connectivity index (χ2n) is 4.26. The normalized spacial score (nSPS) is 10.4. The molecule has 0 atom stereocenters. The number of carbonyl (C=O) groups is 1. The van der Waals surface area contributed by atoms with Crippen molar-refractivity contribution in [1.29, 1.82) is 0 Å². The molecule has 1 aromatic heterocycles. The van der Waals surface area contributed by atoms with Crippen LogP contribution in [0.15, 0.2) is 33.9 Å². The predicted octanol–water partition coefficient (Wildman–Crippen LogP) is 0.841. The number of aromatic nitrogens is 2. The van der Waals surface area contributed by atoms with Crippen LogP contribution in [0.4, 0.5) is 0 Å². The van der Waals surface area contributed by atoms with Crippen molar-refractivity contribution in [2.45, 2.75) is 13.8 Å². The number of hydrogen-bond acceptors (Lipinski definition) is 3. The van der Waals surface area contributed by atoms with Crippen LogP contribution in [-0.2, 0) is 0 Å². The second-order valence-corrected chi connectivity index (χ2v) is 4.26. The Kier molecular flexibility index (Phi) is 3.08. The third kappa shape index (κ3) is 2.33. The summed E-state index contributed by atoms with van der Waals surface area (Å²) in [6, 6.07) is 6.16. The minimum atomic E-state index is -1.35. The molecule has 0 aliphatic heterocycles. The van der Waals surface area contributed by atoms with Crippen molar-refractivity contribution < 1.29 is 9.90 Å². The van der Waals surface area contributed by atoms with E-state index < -0.39 is 22.9 Å². The second kappa shape index (κ2) is 4.56. The molecule has 98 valence electrons. The van der Waals surface area contributed by atoms with Crippen LogP contribution < -0.4 is 11.2 Å². The molecule has 2 aromatic rings. The fourth-order valence-electron chi connectivity index (χ4n) is 1.89. The van der Waals surface area contributed by atoms with Gasteiger partial charge in [0.15, 0.2) is 0 Å². The van der Waals surface area contributed by atoms with Gasteiger partial charge in [-0.2, -0.15) is 0 Å². The molecular weight excluding hydrogens is 248 g/mol. The highest BCUT2D eigenvalue weighted by Gasteiger charge is 2.12. The van der Waals surface area contributed by atoms with Gasteiger partial charge in [0.1, 0.15) is 5.69 Å². The van der Waals surface area contributed by atoms with Gasteiger partial charge in [-0.15, -0.1) is 0 Å². The fourth-order valence-corrected chi connectivity index (χ4v) is 1.89. The topological polar surface area (TPSA) is 92.2 Å². The summed E-state index contributed by atoms with van der Waals surface area (Å²) in [5.74, 6) is -1.35. The van der Waals surface area contributed by atoms with Gasteiger partial charge in [-0.3, -0.25) is 4.79 Å². The Bertz CT molecular complexity index is 740. The van der Waals surface area contributed by atoms with Crippen molar-refractivity contribution in [2.24, 2.45) is 0 Å². The van der Waals surface area contributed by atoms with Crippen LogP contribution in [0.25, 0.3) is 5.69 Å². The highest BCUT2D eigenvalue weighted by Crippen LogP contribution is 2.12. The summed E-state index contributed by atoms with van der Waals surface area (Å²) >= 11 is 0. The van der Waals surface area contributed by atoms with Gasteiger partial charge in [0, 0.05) is 6.07 Å². The summed E-state index contributed by atoms with van der Waals surface area (Å²) in [7, 11) is 0. The Hall–Kier alpha value is -2.63. The SMILES string of the molecule is Cc1ccc(-n2c(=O)cc(C(=O)O)[nH]c2=O)c(C)c1. The molecule has 0 bridgehead atoms. The fraction of sp³-hybridized carbons (Fsp3) is 0.154. The maximum atomic E-state index is 11.9. The molecule has 1 aromatic carbocycles. The lowest BCUT2D eigenvalue weighted by Gasteiger charge is -2.08. The Morgan fingerprint density at radius 2 is 1.89 bits per heavy atom. The number of nitrogens with one attached hydrogen (secondary N) is 1. The Labute approximate surface area is 108 Å². The number of benzene rings is 1. The third-order valence-electron chi connectivity index (χ3n) is 2.76. The standard InChI is InChI=1S/C13H12N2O4/c1-7-3-4-10(8(2)5-7)15-11(16)6-9(12(17)18)14-13(15)19/h3-6H,1-2H3,(H,14,19)(H,17,18). The predicted molar refractivity (Wildman–Crippen MR) is 69.1 cm³/mol. The molecule has 2 N–H and O–H groups in total. The van der Waals surface area contributed by atoms with Crippen LogP contribution in [0.5, 0.6) is 0 Å². The molecule has 6 nitrogen and oxygen atoms in total. The number of aryl methyl sites for hydroxylation is 2. The summed E-state index contributed by atoms with van der Waals surface area (Å²) in [4.78, 5) is 36.6. The van der Waals surface area contributed by atoms with E-state index in [1.54, 1.807) is 19.1 Å². The number of carboxylic acid groups (broad SMARTS) is 1. The number of aromatic amines is 1. The zero-order chi connectivity index (χ0) is 14.2. The van der Waals surface area contributed by atoms with Crippen molar-refractivity contribution in [3.05, 3.63) is 61.9 Å². The maximum absolute atomic E-state index is 11.9. The van der Waals surface area contributed by atoms with Gasteiger partial charge in [0.25, 0.3) is 5.56 Å². The smallest absolute Gasteiger partial charge is 0.352 e. The first kappa shape index (κ1) is 12.8. The lowest BCUT2D eigenvalue weighted by atomic mass is 10.1. The lowest BCUT2D eigenvalue weighted by molar-refractivity contribution is 0.0689. The Morgan fingerprint density at radius 1 is 1.21 bits per heavy atom. The van der Waals surface area contributed by atoms with E-state index >= 15 is 0 Å². The first-order valence-electron chi connectivity index (χ1n) is 5.57. The van der Waals surface area contributed by atoms with Crippen molar-refractivity contribution in [3.8, 4) is 5.69 Å². The molecule has 0 aliphatic carbocycles. The molecular formula is C13H12N2O4. The molecule has 6 heteroatoms. The highest BCUT2D eigenvalue weighted by atomic mass is 16.4. The number of aromatic carboxylic acids is 1. The van der Waals surface area contributed by atoms with Crippen molar-refractivity contribution in [2.75, 3.05) is 0 Å². The van der Waals surface area contributed by atoms with Crippen LogP contribution in [0.3, 0.4) is 0 Å². The number of hydrogen-bond donors (Lipinski definition) is 2. The summed E-state index contributed by atoms with van der Waals surface area (Å²) in [5, 5.41) is 8.77. The number of nitrogens with zero attached hydrogens (tertiary/aromatic N) is 1. The summed E-state index contributed by atoms with van der Waals surface area (Å²) in [6.45, 7) is 3.68. The molecule has 0 fully saturated rings. The Balaban J connectivity index is 2.74. The minimum absolute atomic E-state index is 0.420. The first-order chi connectivity index (χ1) is 8.90. The van der Waals surface area contributed by atoms with Gasteiger partial charge < -0.3 is 10.1 Å². The van der Waals surface area contributed by atoms with E-state index in [2.05, 4.69) is 4.98 Å². The van der Waals surface area contributed by atoms with Gasteiger partial charge >= 0.3 is 11.7 Å². The van der Waals surface area contributed by atoms with E-state index in [9.17, 15) is 14.4 Å². The van der Waals surface area contributed by atoms with Gasteiger partial charge in [0.2, 0.25) is 0 Å². The molecule has 0 amide bonds. The van der Waals surface area contributed by atoms with Gasteiger partial charge in [0.05, 0.1) is 5.69 Å². The van der Waals surface area contributed by atoms with Gasteiger partial charge in [-0.25, -0.2) is 14.2 Å². The molecule has 0 radical (unpaired) electrons. The average molecular weight is 260 g/mol. The van der Waals surface area contributed by atoms with Crippen LogP contribution in [-0.4, -0.2) is 20.6 Å². The number of rotatable bonds is 2. The van der Waals surface area contributed by atoms with E-state index in [1.165, 1.54) is 0 Å². The zero-order valence-electron chi connectivity index (χ0n) is 10.4. The van der Waals surface area contributed by atoms with Gasteiger partial charge in [-0.1, -0.05) is 17.7 Å². The molecule has 0 saturated heterocycles. The van der Waals surface area contributed by atoms with Crippen molar-refractivity contribution >= 4 is 5.97 Å². The molecule has 0 aliphatic rings. The summed E-state index contributed by atoms with van der Waals surface area (Å²) < 4.78 is 0.918. The van der Waals surface area contributed by atoms with E-state index in [4.69, 9.17) is 5.11 Å². The van der Waals surface area contributed by atoms with Crippen LogP contribution >= 0.6 is 0 Å². The van der Waals surface area contributed by atoms with E-state index in [1.807, 2.05) is 13.0 Å². The molecule has 2 rings (SSSR count). The summed E-state index contributed by atoms with van der Waals surface area (Å²) in [5.41, 5.74) is 0.346. The lowest BCUT2D eigenvalue weighted by Crippen LogP contribution is -2.35. The van der Waals surface area contributed by atoms with Crippen LogP contribution in [0, 0.1) is 13.8 Å². The molecule has 0 saturated carbocycles. The monoisotopic (exact) mass is 260 g/mol. The molecule has 0 unspecified atom stereocenters. The molecule has 0 spiro atoms. The van der Waals surface area contributed by atoms with Crippen molar-refractivity contribution in [3.63, 3.8) is 0 Å². The molecule has 1 heterocycles. The van der Waals surface area contributed by atoms with Crippen LogP contribution in [0.2, 0.25) is 0 Å².